The summed E-state index contributed by atoms with van der Waals surface area (Å²) in [7, 11) is 0. The molecule has 1 atom stereocenters. The van der Waals surface area contributed by atoms with E-state index in [0.717, 1.165) is 19.5 Å². The van der Waals surface area contributed by atoms with Crippen LogP contribution in [0.5, 0.6) is 0 Å². The average Bonchev–Trinajstić information content (AvgIpc) is 2.42. The lowest BCUT2D eigenvalue weighted by molar-refractivity contribution is -0.122. The SMILES string of the molecule is CCCCCCCCNC(C)C(=O)NCCCCC. The van der Waals surface area contributed by atoms with Crippen LogP contribution in [-0.2, 0) is 4.79 Å². The molecule has 0 fully saturated rings. The lowest BCUT2D eigenvalue weighted by Gasteiger charge is -2.13. The van der Waals surface area contributed by atoms with E-state index in [4.69, 9.17) is 0 Å². The zero-order valence-electron chi connectivity index (χ0n) is 13.3. The minimum atomic E-state index is -0.0581. The van der Waals surface area contributed by atoms with E-state index in [1.807, 2.05) is 6.92 Å². The highest BCUT2D eigenvalue weighted by atomic mass is 16.2. The molecule has 0 bridgehead atoms. The van der Waals surface area contributed by atoms with Crippen LogP contribution in [-0.4, -0.2) is 25.0 Å². The third-order valence-electron chi connectivity index (χ3n) is 3.45. The van der Waals surface area contributed by atoms with E-state index in [1.54, 1.807) is 0 Å². The molecule has 0 saturated heterocycles. The van der Waals surface area contributed by atoms with Gasteiger partial charge in [0, 0.05) is 6.54 Å². The van der Waals surface area contributed by atoms with Crippen LogP contribution in [0.2, 0.25) is 0 Å². The summed E-state index contributed by atoms with van der Waals surface area (Å²) in [4.78, 5) is 11.7. The molecule has 0 radical (unpaired) electrons. The van der Waals surface area contributed by atoms with Gasteiger partial charge in [-0.1, -0.05) is 58.8 Å². The molecule has 19 heavy (non-hydrogen) atoms. The van der Waals surface area contributed by atoms with E-state index in [1.165, 1.54) is 51.4 Å². The zero-order chi connectivity index (χ0) is 14.3. The van der Waals surface area contributed by atoms with Gasteiger partial charge in [0.05, 0.1) is 6.04 Å². The lowest BCUT2D eigenvalue weighted by atomic mass is 10.1. The zero-order valence-corrected chi connectivity index (χ0v) is 13.3. The number of carbonyl (C=O) groups excluding carboxylic acids is 1. The number of carbonyl (C=O) groups is 1. The van der Waals surface area contributed by atoms with Gasteiger partial charge in [0.15, 0.2) is 0 Å². The van der Waals surface area contributed by atoms with Gasteiger partial charge in [-0.3, -0.25) is 4.79 Å². The molecule has 2 N–H and O–H groups in total. The Hall–Kier alpha value is -0.570. The maximum atomic E-state index is 11.7. The molecular weight excluding hydrogens is 236 g/mol. The van der Waals surface area contributed by atoms with E-state index in [0.29, 0.717) is 0 Å². The Morgan fingerprint density at radius 1 is 0.842 bits per heavy atom. The molecule has 0 aliphatic carbocycles. The van der Waals surface area contributed by atoms with Crippen LogP contribution in [0.25, 0.3) is 0 Å². The summed E-state index contributed by atoms with van der Waals surface area (Å²) in [6.07, 6.45) is 11.3. The molecule has 0 aliphatic rings. The minimum Gasteiger partial charge on any atom is -0.355 e. The first-order valence-corrected chi connectivity index (χ1v) is 8.23. The van der Waals surface area contributed by atoms with E-state index in [2.05, 4.69) is 24.5 Å². The first kappa shape index (κ1) is 18.4. The Kier molecular flexibility index (Phi) is 13.4. The molecule has 0 heterocycles. The summed E-state index contributed by atoms with van der Waals surface area (Å²) in [5, 5.41) is 6.29. The van der Waals surface area contributed by atoms with Gasteiger partial charge in [-0.05, 0) is 26.3 Å². The molecule has 0 rings (SSSR count). The standard InChI is InChI=1S/C16H34N2O/c1-4-6-8-9-10-12-13-17-15(3)16(19)18-14-11-7-5-2/h15,17H,4-14H2,1-3H3,(H,18,19). The largest absolute Gasteiger partial charge is 0.355 e. The van der Waals surface area contributed by atoms with E-state index < -0.39 is 0 Å². The monoisotopic (exact) mass is 270 g/mol. The van der Waals surface area contributed by atoms with Crippen LogP contribution in [0.4, 0.5) is 0 Å². The van der Waals surface area contributed by atoms with Gasteiger partial charge < -0.3 is 10.6 Å². The van der Waals surface area contributed by atoms with Crippen molar-refractivity contribution in [1.29, 1.82) is 0 Å². The normalized spacial score (nSPS) is 12.4. The molecule has 0 aromatic heterocycles. The predicted molar refractivity (Wildman–Crippen MR) is 83.4 cm³/mol. The van der Waals surface area contributed by atoms with Crippen molar-refractivity contribution >= 4 is 5.91 Å². The van der Waals surface area contributed by atoms with E-state index in [9.17, 15) is 4.79 Å². The van der Waals surface area contributed by atoms with Crippen molar-refractivity contribution in [2.75, 3.05) is 13.1 Å². The van der Waals surface area contributed by atoms with Gasteiger partial charge in [0.2, 0.25) is 5.91 Å². The molecule has 114 valence electrons. The molecule has 0 aromatic carbocycles. The quantitative estimate of drug-likeness (QED) is 0.502. The fraction of sp³-hybridized carbons (Fsp3) is 0.938. The fourth-order valence-corrected chi connectivity index (χ4v) is 2.06. The Labute approximate surface area is 119 Å². The maximum absolute atomic E-state index is 11.7. The third-order valence-corrected chi connectivity index (χ3v) is 3.45. The van der Waals surface area contributed by atoms with Crippen molar-refractivity contribution in [2.45, 2.75) is 84.6 Å². The molecule has 0 spiro atoms. The Balaban J connectivity index is 3.36. The van der Waals surface area contributed by atoms with Crippen LogP contribution in [0.1, 0.15) is 78.6 Å². The van der Waals surface area contributed by atoms with Crippen molar-refractivity contribution in [1.82, 2.24) is 10.6 Å². The first-order valence-electron chi connectivity index (χ1n) is 8.23. The van der Waals surface area contributed by atoms with Crippen molar-refractivity contribution < 1.29 is 4.79 Å². The van der Waals surface area contributed by atoms with Crippen LogP contribution >= 0.6 is 0 Å². The maximum Gasteiger partial charge on any atom is 0.236 e. The molecule has 1 unspecified atom stereocenters. The first-order chi connectivity index (χ1) is 9.22. The van der Waals surface area contributed by atoms with Gasteiger partial charge in [0.1, 0.15) is 0 Å². The van der Waals surface area contributed by atoms with Gasteiger partial charge in [-0.15, -0.1) is 0 Å². The number of rotatable bonds is 13. The van der Waals surface area contributed by atoms with Crippen molar-refractivity contribution in [3.05, 3.63) is 0 Å². The second-order valence-electron chi connectivity index (χ2n) is 5.44. The van der Waals surface area contributed by atoms with Gasteiger partial charge in [-0.25, -0.2) is 0 Å². The number of hydrogen-bond acceptors (Lipinski definition) is 2. The molecule has 3 heteroatoms. The van der Waals surface area contributed by atoms with Crippen LogP contribution in [0.3, 0.4) is 0 Å². The Morgan fingerprint density at radius 3 is 2.05 bits per heavy atom. The van der Waals surface area contributed by atoms with Crippen LogP contribution in [0, 0.1) is 0 Å². The predicted octanol–water partition coefficient (Wildman–Crippen LogP) is 3.63. The van der Waals surface area contributed by atoms with Crippen molar-refractivity contribution in [3.63, 3.8) is 0 Å². The summed E-state index contributed by atoms with van der Waals surface area (Å²) >= 11 is 0. The van der Waals surface area contributed by atoms with Gasteiger partial charge in [-0.2, -0.15) is 0 Å². The summed E-state index contributed by atoms with van der Waals surface area (Å²) in [6.45, 7) is 8.13. The third kappa shape index (κ3) is 12.2. The van der Waals surface area contributed by atoms with E-state index in [-0.39, 0.29) is 11.9 Å². The summed E-state index contributed by atoms with van der Waals surface area (Å²) in [5.41, 5.74) is 0. The number of nitrogens with one attached hydrogen (secondary N) is 2. The van der Waals surface area contributed by atoms with Crippen LogP contribution in [0.15, 0.2) is 0 Å². The smallest absolute Gasteiger partial charge is 0.236 e. The highest BCUT2D eigenvalue weighted by Crippen LogP contribution is 2.04. The second kappa shape index (κ2) is 13.9. The number of amides is 1. The molecule has 3 nitrogen and oxygen atoms in total. The van der Waals surface area contributed by atoms with Crippen LogP contribution < -0.4 is 10.6 Å². The van der Waals surface area contributed by atoms with Gasteiger partial charge in [0.25, 0.3) is 0 Å². The fourth-order valence-electron chi connectivity index (χ4n) is 2.06. The van der Waals surface area contributed by atoms with E-state index >= 15 is 0 Å². The lowest BCUT2D eigenvalue weighted by Crippen LogP contribution is -2.42. The number of unbranched alkanes of at least 4 members (excludes halogenated alkanes) is 7. The molecule has 0 saturated carbocycles. The highest BCUT2D eigenvalue weighted by molar-refractivity contribution is 5.81. The number of hydrogen-bond donors (Lipinski definition) is 2. The average molecular weight is 270 g/mol. The topological polar surface area (TPSA) is 41.1 Å². The highest BCUT2D eigenvalue weighted by Gasteiger charge is 2.10. The minimum absolute atomic E-state index is 0.0581. The Bertz CT molecular complexity index is 207. The van der Waals surface area contributed by atoms with Crippen molar-refractivity contribution in [3.8, 4) is 0 Å². The summed E-state index contributed by atoms with van der Waals surface area (Å²) < 4.78 is 0. The summed E-state index contributed by atoms with van der Waals surface area (Å²) in [6, 6.07) is -0.0581. The molecular formula is C16H34N2O. The molecule has 1 amide bonds. The van der Waals surface area contributed by atoms with Gasteiger partial charge >= 0.3 is 0 Å². The van der Waals surface area contributed by atoms with Crippen molar-refractivity contribution in [2.24, 2.45) is 0 Å². The summed E-state index contributed by atoms with van der Waals surface area (Å²) in [5.74, 6) is 0.141. The molecule has 0 aliphatic heterocycles. The Morgan fingerprint density at radius 2 is 1.37 bits per heavy atom. The second-order valence-corrected chi connectivity index (χ2v) is 5.44. The molecule has 0 aromatic rings.